The highest BCUT2D eigenvalue weighted by atomic mass is 79.9. The van der Waals surface area contributed by atoms with Crippen LogP contribution in [0.15, 0.2) is 45.3 Å². The molecule has 19 heavy (non-hydrogen) atoms. The Labute approximate surface area is 128 Å². The van der Waals surface area contributed by atoms with Crippen molar-refractivity contribution in [2.45, 2.75) is 6.92 Å². The Morgan fingerprint density at radius 3 is 2.58 bits per heavy atom. The molecule has 0 aliphatic rings. The second-order valence-electron chi connectivity index (χ2n) is 4.17. The van der Waals surface area contributed by atoms with Crippen LogP contribution in [0.2, 0.25) is 0 Å². The van der Waals surface area contributed by atoms with Crippen molar-refractivity contribution in [3.05, 3.63) is 56.5 Å². The molecule has 98 valence electrons. The predicted octanol–water partition coefficient (Wildman–Crippen LogP) is 4.35. The van der Waals surface area contributed by atoms with E-state index in [1.165, 1.54) is 0 Å². The molecule has 0 saturated carbocycles. The van der Waals surface area contributed by atoms with E-state index in [-0.39, 0.29) is 5.91 Å². The Hall–Kier alpha value is -1.33. The van der Waals surface area contributed by atoms with Gasteiger partial charge in [-0.05, 0) is 58.7 Å². The highest BCUT2D eigenvalue weighted by Crippen LogP contribution is 2.24. The second-order valence-corrected chi connectivity index (χ2v) is 5.94. The number of nitrogen functional groups attached to an aromatic ring is 1. The number of halogens is 2. The molecule has 0 fully saturated rings. The monoisotopic (exact) mass is 382 g/mol. The van der Waals surface area contributed by atoms with Crippen LogP contribution >= 0.6 is 31.9 Å². The lowest BCUT2D eigenvalue weighted by Crippen LogP contribution is -2.14. The molecule has 0 aliphatic heterocycles. The summed E-state index contributed by atoms with van der Waals surface area (Å²) in [5.41, 5.74) is 8.65. The first kappa shape index (κ1) is 14.1. The predicted molar refractivity (Wildman–Crippen MR) is 85.4 cm³/mol. The summed E-state index contributed by atoms with van der Waals surface area (Å²) >= 11 is 6.71. The topological polar surface area (TPSA) is 55.1 Å². The number of aryl methyl sites for hydroxylation is 1. The maximum atomic E-state index is 12.2. The molecule has 0 heterocycles. The Balaban J connectivity index is 2.28. The molecule has 0 unspecified atom stereocenters. The highest BCUT2D eigenvalue weighted by Gasteiger charge is 2.12. The number of benzene rings is 2. The molecule has 0 bridgehead atoms. The van der Waals surface area contributed by atoms with Gasteiger partial charge in [0.15, 0.2) is 0 Å². The molecule has 0 spiro atoms. The van der Waals surface area contributed by atoms with Crippen molar-refractivity contribution in [3.63, 3.8) is 0 Å². The minimum absolute atomic E-state index is 0.205. The first-order valence-electron chi connectivity index (χ1n) is 5.60. The molecule has 5 heteroatoms. The van der Waals surface area contributed by atoms with Crippen molar-refractivity contribution in [2.24, 2.45) is 0 Å². The molecule has 2 aromatic rings. The van der Waals surface area contributed by atoms with E-state index in [2.05, 4.69) is 37.2 Å². The molecular weight excluding hydrogens is 372 g/mol. The van der Waals surface area contributed by atoms with Crippen molar-refractivity contribution < 1.29 is 4.79 Å². The molecule has 3 N–H and O–H groups in total. The van der Waals surface area contributed by atoms with Gasteiger partial charge < -0.3 is 11.1 Å². The fraction of sp³-hybridized carbons (Fsp3) is 0.0714. The van der Waals surface area contributed by atoms with Gasteiger partial charge in [0, 0.05) is 8.95 Å². The summed E-state index contributed by atoms with van der Waals surface area (Å²) < 4.78 is 1.58. The number of hydrogen-bond donors (Lipinski definition) is 2. The number of nitrogens with two attached hydrogens (primary N) is 1. The zero-order chi connectivity index (χ0) is 14.0. The van der Waals surface area contributed by atoms with Crippen LogP contribution in [0.5, 0.6) is 0 Å². The van der Waals surface area contributed by atoms with Gasteiger partial charge in [0.25, 0.3) is 5.91 Å². The average Bonchev–Trinajstić information content (AvgIpc) is 2.35. The molecule has 0 aliphatic carbocycles. The molecule has 0 saturated heterocycles. The van der Waals surface area contributed by atoms with Crippen LogP contribution in [0.4, 0.5) is 11.4 Å². The van der Waals surface area contributed by atoms with Crippen LogP contribution in [0, 0.1) is 6.92 Å². The summed E-state index contributed by atoms with van der Waals surface area (Å²) in [6.07, 6.45) is 0. The third-order valence-electron chi connectivity index (χ3n) is 2.63. The largest absolute Gasteiger partial charge is 0.397 e. The van der Waals surface area contributed by atoms with E-state index in [1.807, 2.05) is 31.2 Å². The fourth-order valence-electron chi connectivity index (χ4n) is 1.66. The summed E-state index contributed by atoms with van der Waals surface area (Å²) in [6, 6.07) is 11.0. The van der Waals surface area contributed by atoms with E-state index < -0.39 is 0 Å². The zero-order valence-corrected chi connectivity index (χ0v) is 13.4. The molecular formula is C14H12Br2N2O. The lowest BCUT2D eigenvalue weighted by atomic mass is 10.1. The quantitative estimate of drug-likeness (QED) is 0.757. The van der Waals surface area contributed by atoms with E-state index in [1.54, 1.807) is 12.1 Å². The third-order valence-corrected chi connectivity index (χ3v) is 3.81. The summed E-state index contributed by atoms with van der Waals surface area (Å²) in [4.78, 5) is 12.2. The number of anilines is 2. The minimum Gasteiger partial charge on any atom is -0.397 e. The van der Waals surface area contributed by atoms with Crippen molar-refractivity contribution >= 4 is 49.1 Å². The van der Waals surface area contributed by atoms with Crippen molar-refractivity contribution in [2.75, 3.05) is 11.1 Å². The van der Waals surface area contributed by atoms with E-state index in [0.29, 0.717) is 16.9 Å². The van der Waals surface area contributed by atoms with Crippen molar-refractivity contribution in [1.29, 1.82) is 0 Å². The van der Waals surface area contributed by atoms with Crippen LogP contribution < -0.4 is 11.1 Å². The summed E-state index contributed by atoms with van der Waals surface area (Å²) in [5, 5.41) is 2.81. The van der Waals surface area contributed by atoms with Crippen LogP contribution in [0.1, 0.15) is 15.9 Å². The summed E-state index contributed by atoms with van der Waals surface area (Å²) in [5.74, 6) is -0.205. The first-order chi connectivity index (χ1) is 8.97. The lowest BCUT2D eigenvalue weighted by Gasteiger charge is -2.10. The highest BCUT2D eigenvalue weighted by molar-refractivity contribution is 9.11. The number of carbonyl (C=O) groups is 1. The van der Waals surface area contributed by atoms with Gasteiger partial charge in [-0.25, -0.2) is 0 Å². The Bertz CT molecular complexity index is 641. The minimum atomic E-state index is -0.205. The summed E-state index contributed by atoms with van der Waals surface area (Å²) in [7, 11) is 0. The van der Waals surface area contributed by atoms with Crippen molar-refractivity contribution in [1.82, 2.24) is 0 Å². The van der Waals surface area contributed by atoms with Gasteiger partial charge in [-0.3, -0.25) is 4.79 Å². The zero-order valence-electron chi connectivity index (χ0n) is 10.2. The molecule has 2 aromatic carbocycles. The average molecular weight is 384 g/mol. The van der Waals surface area contributed by atoms with E-state index in [4.69, 9.17) is 5.73 Å². The number of carbonyl (C=O) groups excluding carboxylic acids is 1. The molecule has 0 aromatic heterocycles. The number of hydrogen-bond acceptors (Lipinski definition) is 2. The standard InChI is InChI=1S/C14H12Br2N2O/c1-8-2-5-13(12(17)6-8)18-14(19)10-7-9(15)3-4-11(10)16/h2-7H,17H2,1H3,(H,18,19). The fourth-order valence-corrected chi connectivity index (χ4v) is 2.44. The number of rotatable bonds is 2. The number of nitrogens with one attached hydrogen (secondary N) is 1. The molecule has 2 rings (SSSR count). The normalized spacial score (nSPS) is 10.3. The Kier molecular flexibility index (Phi) is 4.27. The van der Waals surface area contributed by atoms with Gasteiger partial charge in [-0.15, -0.1) is 0 Å². The van der Waals surface area contributed by atoms with Crippen LogP contribution in [0.3, 0.4) is 0 Å². The number of amides is 1. The Morgan fingerprint density at radius 1 is 1.16 bits per heavy atom. The van der Waals surface area contributed by atoms with Crippen molar-refractivity contribution in [3.8, 4) is 0 Å². The maximum Gasteiger partial charge on any atom is 0.256 e. The van der Waals surface area contributed by atoms with Crippen LogP contribution in [-0.4, -0.2) is 5.91 Å². The lowest BCUT2D eigenvalue weighted by molar-refractivity contribution is 0.102. The van der Waals surface area contributed by atoms with Crippen LogP contribution in [-0.2, 0) is 0 Å². The molecule has 0 radical (unpaired) electrons. The van der Waals surface area contributed by atoms with Crippen LogP contribution in [0.25, 0.3) is 0 Å². The molecule has 1 amide bonds. The summed E-state index contributed by atoms with van der Waals surface area (Å²) in [6.45, 7) is 1.95. The van der Waals surface area contributed by atoms with E-state index in [9.17, 15) is 4.79 Å². The SMILES string of the molecule is Cc1ccc(NC(=O)c2cc(Br)ccc2Br)c(N)c1. The van der Waals surface area contributed by atoms with E-state index >= 15 is 0 Å². The molecule has 0 atom stereocenters. The van der Waals surface area contributed by atoms with Gasteiger partial charge >= 0.3 is 0 Å². The smallest absolute Gasteiger partial charge is 0.256 e. The Morgan fingerprint density at radius 2 is 1.89 bits per heavy atom. The first-order valence-corrected chi connectivity index (χ1v) is 7.18. The van der Waals surface area contributed by atoms with E-state index in [0.717, 1.165) is 14.5 Å². The van der Waals surface area contributed by atoms with Gasteiger partial charge in [-0.1, -0.05) is 22.0 Å². The van der Waals surface area contributed by atoms with Gasteiger partial charge in [0.1, 0.15) is 0 Å². The van der Waals surface area contributed by atoms with Gasteiger partial charge in [0.05, 0.1) is 16.9 Å². The maximum absolute atomic E-state index is 12.2. The molecule has 3 nitrogen and oxygen atoms in total. The van der Waals surface area contributed by atoms with Gasteiger partial charge in [-0.2, -0.15) is 0 Å². The second kappa shape index (κ2) is 5.75. The third kappa shape index (κ3) is 3.36. The van der Waals surface area contributed by atoms with Gasteiger partial charge in [0.2, 0.25) is 0 Å².